The van der Waals surface area contributed by atoms with Gasteiger partial charge in [0.25, 0.3) is 0 Å². The highest BCUT2D eigenvalue weighted by atomic mass is 15.6. The molecule has 0 spiro atoms. The molecule has 0 aliphatic rings. The van der Waals surface area contributed by atoms with Gasteiger partial charge < -0.3 is 10.2 Å². The number of nitrogens with one attached hydrogen (secondary N) is 1. The van der Waals surface area contributed by atoms with Crippen molar-refractivity contribution in [3.05, 3.63) is 30.1 Å². The summed E-state index contributed by atoms with van der Waals surface area (Å²) in [5.74, 6) is 0.682. The standard InChI is InChI=1S/C11H16N6/c1-16(2)10-7-5-4-6-9(10)12-8-11-13-15-17(3)14-11/h4-7,12H,8H2,1-3H3. The summed E-state index contributed by atoms with van der Waals surface area (Å²) in [6.45, 7) is 0.568. The molecule has 0 aliphatic heterocycles. The lowest BCUT2D eigenvalue weighted by atomic mass is 10.2. The van der Waals surface area contributed by atoms with E-state index in [1.54, 1.807) is 7.05 Å². The molecular weight excluding hydrogens is 216 g/mol. The van der Waals surface area contributed by atoms with Crippen molar-refractivity contribution in [1.82, 2.24) is 20.2 Å². The van der Waals surface area contributed by atoms with Gasteiger partial charge in [-0.2, -0.15) is 4.80 Å². The fraction of sp³-hybridized carbons (Fsp3) is 0.364. The first-order chi connectivity index (χ1) is 8.16. The largest absolute Gasteiger partial charge is 0.376 e. The molecule has 0 fully saturated rings. The van der Waals surface area contributed by atoms with Crippen LogP contribution in [0, 0.1) is 0 Å². The lowest BCUT2D eigenvalue weighted by Gasteiger charge is -2.17. The van der Waals surface area contributed by atoms with E-state index in [9.17, 15) is 0 Å². The molecule has 6 heteroatoms. The van der Waals surface area contributed by atoms with Crippen molar-refractivity contribution in [3.8, 4) is 0 Å². The average molecular weight is 232 g/mol. The monoisotopic (exact) mass is 232 g/mol. The van der Waals surface area contributed by atoms with Crippen molar-refractivity contribution in [2.75, 3.05) is 24.3 Å². The molecule has 0 unspecified atom stereocenters. The lowest BCUT2D eigenvalue weighted by Crippen LogP contribution is -2.12. The zero-order valence-electron chi connectivity index (χ0n) is 10.3. The van der Waals surface area contributed by atoms with Crippen molar-refractivity contribution < 1.29 is 0 Å². The number of anilines is 2. The predicted octanol–water partition coefficient (Wildman–Crippen LogP) is 0.888. The molecule has 6 nitrogen and oxygen atoms in total. The molecular formula is C11H16N6. The number of aromatic nitrogens is 4. The van der Waals surface area contributed by atoms with Gasteiger partial charge in [-0.15, -0.1) is 10.2 Å². The lowest BCUT2D eigenvalue weighted by molar-refractivity contribution is 0.628. The van der Waals surface area contributed by atoms with E-state index in [-0.39, 0.29) is 0 Å². The summed E-state index contributed by atoms with van der Waals surface area (Å²) < 4.78 is 0. The van der Waals surface area contributed by atoms with Gasteiger partial charge in [0.15, 0.2) is 5.82 Å². The van der Waals surface area contributed by atoms with Crippen molar-refractivity contribution >= 4 is 11.4 Å². The predicted molar refractivity (Wildman–Crippen MR) is 66.9 cm³/mol. The summed E-state index contributed by atoms with van der Waals surface area (Å²) in [7, 11) is 5.78. The highest BCUT2D eigenvalue weighted by molar-refractivity contribution is 5.69. The van der Waals surface area contributed by atoms with Crippen molar-refractivity contribution in [1.29, 1.82) is 0 Å². The van der Waals surface area contributed by atoms with E-state index in [0.717, 1.165) is 11.4 Å². The second kappa shape index (κ2) is 4.82. The van der Waals surface area contributed by atoms with E-state index in [1.807, 2.05) is 32.3 Å². The van der Waals surface area contributed by atoms with Gasteiger partial charge in [0.05, 0.1) is 25.0 Å². The number of para-hydroxylation sites is 2. The number of hydrogen-bond donors (Lipinski definition) is 1. The Bertz CT molecular complexity index is 490. The molecule has 0 atom stereocenters. The van der Waals surface area contributed by atoms with Gasteiger partial charge >= 0.3 is 0 Å². The van der Waals surface area contributed by atoms with Crippen LogP contribution in [-0.4, -0.2) is 34.3 Å². The minimum absolute atomic E-state index is 0.568. The number of nitrogens with zero attached hydrogens (tertiary/aromatic N) is 5. The summed E-state index contributed by atoms with van der Waals surface area (Å²) in [5, 5.41) is 15.1. The molecule has 0 saturated carbocycles. The van der Waals surface area contributed by atoms with Gasteiger partial charge in [-0.3, -0.25) is 0 Å². The van der Waals surface area contributed by atoms with Crippen LogP contribution in [0.2, 0.25) is 0 Å². The minimum atomic E-state index is 0.568. The molecule has 1 heterocycles. The average Bonchev–Trinajstić information content (AvgIpc) is 2.73. The Morgan fingerprint density at radius 2 is 2.06 bits per heavy atom. The van der Waals surface area contributed by atoms with E-state index in [0.29, 0.717) is 12.4 Å². The van der Waals surface area contributed by atoms with Gasteiger partial charge in [-0.1, -0.05) is 12.1 Å². The molecule has 0 amide bonds. The Balaban J connectivity index is 2.08. The van der Waals surface area contributed by atoms with Gasteiger partial charge in [-0.05, 0) is 17.3 Å². The minimum Gasteiger partial charge on any atom is -0.376 e. The van der Waals surface area contributed by atoms with E-state index in [4.69, 9.17) is 0 Å². The molecule has 2 aromatic rings. The van der Waals surface area contributed by atoms with Crippen LogP contribution in [0.5, 0.6) is 0 Å². The van der Waals surface area contributed by atoms with E-state index < -0.39 is 0 Å². The Labute approximate surface area is 100 Å². The summed E-state index contributed by atoms with van der Waals surface area (Å²) >= 11 is 0. The molecule has 2 rings (SSSR count). The number of benzene rings is 1. The fourth-order valence-corrected chi connectivity index (χ4v) is 1.58. The zero-order chi connectivity index (χ0) is 12.3. The van der Waals surface area contributed by atoms with Gasteiger partial charge in [0.1, 0.15) is 0 Å². The number of aryl methyl sites for hydroxylation is 1. The topological polar surface area (TPSA) is 58.9 Å². The van der Waals surface area contributed by atoms with Gasteiger partial charge in [0, 0.05) is 14.1 Å². The first-order valence-electron chi connectivity index (χ1n) is 5.40. The summed E-state index contributed by atoms with van der Waals surface area (Å²) in [4.78, 5) is 3.52. The first-order valence-corrected chi connectivity index (χ1v) is 5.40. The molecule has 90 valence electrons. The van der Waals surface area contributed by atoms with Crippen LogP contribution < -0.4 is 10.2 Å². The molecule has 0 aliphatic carbocycles. The van der Waals surface area contributed by atoms with Crippen LogP contribution >= 0.6 is 0 Å². The molecule has 0 saturated heterocycles. The Hall–Kier alpha value is -2.11. The Kier molecular flexibility index (Phi) is 3.22. The van der Waals surface area contributed by atoms with Crippen molar-refractivity contribution in [2.45, 2.75) is 6.54 Å². The van der Waals surface area contributed by atoms with E-state index in [1.165, 1.54) is 4.80 Å². The Morgan fingerprint density at radius 3 is 2.71 bits per heavy atom. The van der Waals surface area contributed by atoms with Crippen LogP contribution in [0.4, 0.5) is 11.4 Å². The van der Waals surface area contributed by atoms with Crippen molar-refractivity contribution in [2.24, 2.45) is 7.05 Å². The number of hydrogen-bond acceptors (Lipinski definition) is 5. The smallest absolute Gasteiger partial charge is 0.193 e. The second-order valence-corrected chi connectivity index (χ2v) is 3.96. The van der Waals surface area contributed by atoms with Crippen LogP contribution in [0.15, 0.2) is 24.3 Å². The molecule has 1 aromatic heterocycles. The molecule has 0 radical (unpaired) electrons. The molecule has 1 N–H and O–H groups in total. The van der Waals surface area contributed by atoms with Crippen LogP contribution in [0.3, 0.4) is 0 Å². The number of rotatable bonds is 4. The SMILES string of the molecule is CN(C)c1ccccc1NCc1nnn(C)n1. The third kappa shape index (κ3) is 2.72. The quantitative estimate of drug-likeness (QED) is 0.848. The Morgan fingerprint density at radius 1 is 1.29 bits per heavy atom. The molecule has 17 heavy (non-hydrogen) atoms. The van der Waals surface area contributed by atoms with Gasteiger partial charge in [-0.25, -0.2) is 0 Å². The summed E-state index contributed by atoms with van der Waals surface area (Å²) in [6, 6.07) is 8.11. The number of tetrazole rings is 1. The maximum Gasteiger partial charge on any atom is 0.193 e. The third-order valence-electron chi connectivity index (χ3n) is 2.37. The van der Waals surface area contributed by atoms with E-state index >= 15 is 0 Å². The second-order valence-electron chi connectivity index (χ2n) is 3.96. The fourth-order valence-electron chi connectivity index (χ4n) is 1.58. The maximum atomic E-state index is 4.12. The van der Waals surface area contributed by atoms with E-state index in [2.05, 4.69) is 31.7 Å². The summed E-state index contributed by atoms with van der Waals surface area (Å²) in [5.41, 5.74) is 2.20. The van der Waals surface area contributed by atoms with Crippen LogP contribution in [-0.2, 0) is 13.6 Å². The van der Waals surface area contributed by atoms with Crippen LogP contribution in [0.25, 0.3) is 0 Å². The normalized spacial score (nSPS) is 10.3. The highest BCUT2D eigenvalue weighted by Crippen LogP contribution is 2.23. The van der Waals surface area contributed by atoms with Crippen LogP contribution in [0.1, 0.15) is 5.82 Å². The molecule has 0 bridgehead atoms. The highest BCUT2D eigenvalue weighted by Gasteiger charge is 2.05. The zero-order valence-corrected chi connectivity index (χ0v) is 10.3. The van der Waals surface area contributed by atoms with Gasteiger partial charge in [0.2, 0.25) is 0 Å². The molecule has 1 aromatic carbocycles. The third-order valence-corrected chi connectivity index (χ3v) is 2.37. The summed E-state index contributed by atoms with van der Waals surface area (Å²) in [6.07, 6.45) is 0. The van der Waals surface area contributed by atoms with Crippen molar-refractivity contribution in [3.63, 3.8) is 0 Å². The first kappa shape index (κ1) is 11.4. The maximum absolute atomic E-state index is 4.12.